The highest BCUT2D eigenvalue weighted by Crippen LogP contribution is 1.95. The van der Waals surface area contributed by atoms with Crippen molar-refractivity contribution < 1.29 is 0 Å². The number of hydrogen-bond donors (Lipinski definition) is 0. The van der Waals surface area contributed by atoms with Crippen molar-refractivity contribution in [3.05, 3.63) is 23.2 Å². The van der Waals surface area contributed by atoms with Gasteiger partial charge >= 0.3 is 0 Å². The topological polar surface area (TPSA) is 38.1 Å². The standard InChI is InChI=1S/C6H4IN3/c1-2-9-6-5(8-1)3-7-4-10-6/h1-4H. The van der Waals surface area contributed by atoms with E-state index in [9.17, 15) is 0 Å². The second kappa shape index (κ2) is 2.53. The van der Waals surface area contributed by atoms with Crippen LogP contribution >= 0.6 is 20.7 Å². The lowest BCUT2D eigenvalue weighted by atomic mass is 10.6. The van der Waals surface area contributed by atoms with E-state index in [4.69, 9.17) is 0 Å². The van der Waals surface area contributed by atoms with Crippen molar-refractivity contribution in [2.24, 2.45) is 4.99 Å². The van der Waals surface area contributed by atoms with E-state index < -0.39 is 0 Å². The molecule has 1 aromatic heterocycles. The quantitative estimate of drug-likeness (QED) is 0.582. The van der Waals surface area contributed by atoms with Crippen LogP contribution in [0, 0.1) is 0 Å². The fourth-order valence-corrected chi connectivity index (χ4v) is 2.05. The normalized spacial score (nSPS) is 14.0. The van der Waals surface area contributed by atoms with Gasteiger partial charge in [-0.05, 0) is 0 Å². The Kier molecular flexibility index (Phi) is 1.54. The first-order valence-electron chi connectivity index (χ1n) is 2.75. The van der Waals surface area contributed by atoms with Crippen LogP contribution in [0.5, 0.6) is 0 Å². The predicted molar refractivity (Wildman–Crippen MR) is 47.4 cm³/mol. The summed E-state index contributed by atoms with van der Waals surface area (Å²) in [6.45, 7) is 0. The monoisotopic (exact) mass is 245 g/mol. The summed E-state index contributed by atoms with van der Waals surface area (Å²) in [5.74, 6) is 0. The molecule has 10 heavy (non-hydrogen) atoms. The number of halogens is 1. The smallest absolute Gasteiger partial charge is 0.179 e. The molecule has 2 heterocycles. The molecule has 1 aromatic rings. The minimum absolute atomic E-state index is 0.00656. The number of rotatable bonds is 0. The third kappa shape index (κ3) is 0.985. The molecule has 0 saturated carbocycles. The van der Waals surface area contributed by atoms with Crippen LogP contribution in [0.4, 0.5) is 0 Å². The maximum Gasteiger partial charge on any atom is 0.179 e. The first kappa shape index (κ1) is 6.09. The zero-order chi connectivity index (χ0) is 6.81. The predicted octanol–water partition coefficient (Wildman–Crippen LogP) is -0.422. The molecule has 0 unspecified atom stereocenters. The van der Waals surface area contributed by atoms with Gasteiger partial charge in [-0.25, -0.2) is 9.98 Å². The van der Waals surface area contributed by atoms with Crippen molar-refractivity contribution in [2.45, 2.75) is 0 Å². The molecule has 50 valence electrons. The molecular formula is C6H4IN3. The molecular weight excluding hydrogens is 241 g/mol. The maximum atomic E-state index is 4.11. The van der Waals surface area contributed by atoms with Gasteiger partial charge in [0, 0.05) is 16.5 Å². The Morgan fingerprint density at radius 3 is 3.00 bits per heavy atom. The van der Waals surface area contributed by atoms with E-state index in [1.165, 1.54) is 0 Å². The average Bonchev–Trinajstić information content (AvgIpc) is 2.05. The Morgan fingerprint density at radius 1 is 1.20 bits per heavy atom. The van der Waals surface area contributed by atoms with Gasteiger partial charge in [-0.1, -0.05) is 20.7 Å². The zero-order valence-corrected chi connectivity index (χ0v) is 7.19. The minimum Gasteiger partial charge on any atom is -0.251 e. The summed E-state index contributed by atoms with van der Waals surface area (Å²) in [5, 5.41) is 0.942. The van der Waals surface area contributed by atoms with E-state index in [2.05, 4.69) is 19.0 Å². The van der Waals surface area contributed by atoms with Crippen molar-refractivity contribution in [2.75, 3.05) is 0 Å². The van der Waals surface area contributed by atoms with Gasteiger partial charge in [0.1, 0.15) is 5.35 Å². The molecule has 4 heteroatoms. The fraction of sp³-hybridized carbons (Fsp3) is 0. The van der Waals surface area contributed by atoms with Crippen LogP contribution in [-0.4, -0.2) is 14.1 Å². The van der Waals surface area contributed by atoms with E-state index in [0.717, 1.165) is 10.8 Å². The summed E-state index contributed by atoms with van der Waals surface area (Å²) < 4.78 is 4.06. The van der Waals surface area contributed by atoms with Gasteiger partial charge in [-0.3, -0.25) is 4.98 Å². The van der Waals surface area contributed by atoms with Crippen LogP contribution < -0.4 is 10.8 Å². The average molecular weight is 245 g/mol. The Hall–Kier alpha value is -0.650. The van der Waals surface area contributed by atoms with Crippen molar-refractivity contribution in [1.82, 2.24) is 9.97 Å². The molecule has 3 nitrogen and oxygen atoms in total. The van der Waals surface area contributed by atoms with Gasteiger partial charge in [0.05, 0.1) is 4.14 Å². The van der Waals surface area contributed by atoms with Crippen LogP contribution in [0.3, 0.4) is 0 Å². The van der Waals surface area contributed by atoms with Crippen LogP contribution in [0.2, 0.25) is 0 Å². The summed E-state index contributed by atoms with van der Waals surface area (Å²) in [5.41, 5.74) is 0.758. The van der Waals surface area contributed by atoms with Gasteiger partial charge in [-0.15, -0.1) is 0 Å². The molecule has 2 rings (SSSR count). The number of aromatic nitrogens is 2. The molecule has 0 bridgehead atoms. The highest BCUT2D eigenvalue weighted by molar-refractivity contribution is 14.2. The van der Waals surface area contributed by atoms with E-state index in [1.807, 2.05) is 4.14 Å². The van der Waals surface area contributed by atoms with Crippen molar-refractivity contribution in [3.8, 4) is 0 Å². The lowest BCUT2D eigenvalue weighted by Gasteiger charge is -1.87. The van der Waals surface area contributed by atoms with Gasteiger partial charge in [0.25, 0.3) is 0 Å². The fourth-order valence-electron chi connectivity index (χ4n) is 0.680. The molecule has 0 amide bonds. The van der Waals surface area contributed by atoms with Crippen LogP contribution in [0.25, 0.3) is 4.08 Å². The van der Waals surface area contributed by atoms with Crippen molar-refractivity contribution in [3.63, 3.8) is 0 Å². The zero-order valence-electron chi connectivity index (χ0n) is 5.03. The van der Waals surface area contributed by atoms with Gasteiger partial charge in [0.15, 0.2) is 5.49 Å². The van der Waals surface area contributed by atoms with E-state index in [-0.39, 0.29) is 20.7 Å². The molecule has 0 spiro atoms. The van der Waals surface area contributed by atoms with E-state index >= 15 is 0 Å². The first-order valence-corrected chi connectivity index (χ1v) is 5.25. The number of nitrogens with zero attached hydrogens (tertiary/aromatic N) is 3. The van der Waals surface area contributed by atoms with Gasteiger partial charge in [0.2, 0.25) is 0 Å². The lowest BCUT2D eigenvalue weighted by Crippen LogP contribution is -2.31. The van der Waals surface area contributed by atoms with E-state index in [1.54, 1.807) is 12.4 Å². The summed E-state index contributed by atoms with van der Waals surface area (Å²) in [6, 6.07) is 0. The first-order chi connectivity index (χ1) is 4.97. The number of fused-ring (bicyclic) bond motifs is 1. The molecule has 0 aromatic carbocycles. The summed E-state index contributed by atoms with van der Waals surface area (Å²) >= 11 is 0.00656. The van der Waals surface area contributed by atoms with Gasteiger partial charge in [-0.2, -0.15) is 0 Å². The molecule has 1 aliphatic heterocycles. The minimum atomic E-state index is 0.00656. The van der Waals surface area contributed by atoms with Crippen LogP contribution in [0.15, 0.2) is 17.4 Å². The summed E-state index contributed by atoms with van der Waals surface area (Å²) in [7, 11) is 0. The second-order valence-corrected chi connectivity index (χ2v) is 3.63. The Balaban J connectivity index is 2.92. The lowest BCUT2D eigenvalue weighted by molar-refractivity contribution is 1.05. The third-order valence-electron chi connectivity index (χ3n) is 1.10. The Morgan fingerprint density at radius 2 is 2.10 bits per heavy atom. The second-order valence-electron chi connectivity index (χ2n) is 1.73. The highest BCUT2D eigenvalue weighted by Gasteiger charge is 1.88. The Bertz CT molecular complexity index is 345. The molecule has 0 saturated heterocycles. The molecule has 0 atom stereocenters. The SMILES string of the molecule is C1=IC=c2nccnc2=N1. The molecule has 0 fully saturated rings. The van der Waals surface area contributed by atoms with Crippen molar-refractivity contribution >= 4 is 28.9 Å². The summed E-state index contributed by atoms with van der Waals surface area (Å²) in [6.07, 6.45) is 3.35. The Labute approximate surface area is 67.3 Å². The molecule has 0 N–H and O–H groups in total. The third-order valence-corrected chi connectivity index (χ3v) is 2.65. The summed E-state index contributed by atoms with van der Waals surface area (Å²) in [4.78, 5) is 12.3. The van der Waals surface area contributed by atoms with Crippen LogP contribution in [0.1, 0.15) is 0 Å². The largest absolute Gasteiger partial charge is 0.251 e. The van der Waals surface area contributed by atoms with Gasteiger partial charge < -0.3 is 0 Å². The van der Waals surface area contributed by atoms with E-state index in [0.29, 0.717) is 0 Å². The molecule has 0 aliphatic carbocycles. The molecule has 0 radical (unpaired) electrons. The molecule has 1 aliphatic rings. The maximum absolute atomic E-state index is 4.11. The van der Waals surface area contributed by atoms with Crippen LogP contribution in [-0.2, 0) is 0 Å². The number of hydrogen-bond acceptors (Lipinski definition) is 3. The highest BCUT2D eigenvalue weighted by atomic mass is 127. The van der Waals surface area contributed by atoms with Crippen molar-refractivity contribution in [1.29, 1.82) is 0 Å².